The average Bonchev–Trinajstić information content (AvgIpc) is 2.48. The van der Waals surface area contributed by atoms with Gasteiger partial charge >= 0.3 is 0 Å². The van der Waals surface area contributed by atoms with Gasteiger partial charge < -0.3 is 9.84 Å². The van der Waals surface area contributed by atoms with Crippen LogP contribution in [0.15, 0.2) is 24.3 Å². The minimum Gasteiger partial charge on any atom is -0.491 e. The molecule has 1 saturated heterocycles. The van der Waals surface area contributed by atoms with Crippen LogP contribution in [0.1, 0.15) is 59.4 Å². The molecule has 1 aromatic rings. The van der Waals surface area contributed by atoms with Gasteiger partial charge in [0.2, 0.25) is 0 Å². The first-order valence-corrected chi connectivity index (χ1v) is 8.94. The smallest absolute Gasteiger partial charge is 0.119 e. The van der Waals surface area contributed by atoms with Gasteiger partial charge in [0.15, 0.2) is 0 Å². The Bertz CT molecular complexity index is 467. The molecule has 0 bridgehead atoms. The summed E-state index contributed by atoms with van der Waals surface area (Å²) in [4.78, 5) is 2.42. The molecule has 0 radical (unpaired) electrons. The van der Waals surface area contributed by atoms with Gasteiger partial charge in [0, 0.05) is 18.6 Å². The second-order valence-electron chi connectivity index (χ2n) is 8.06. The minimum atomic E-state index is -0.444. The molecule has 130 valence electrons. The number of nitrogens with zero attached hydrogens (tertiary/aromatic N) is 1. The number of benzene rings is 1. The van der Waals surface area contributed by atoms with Gasteiger partial charge in [-0.3, -0.25) is 4.90 Å². The number of likely N-dealkylation sites (tertiary alicyclic amines) is 1. The number of hydrogen-bond acceptors (Lipinski definition) is 3. The van der Waals surface area contributed by atoms with Gasteiger partial charge in [-0.05, 0) is 49.8 Å². The summed E-state index contributed by atoms with van der Waals surface area (Å²) in [5.74, 6) is 0.830. The third kappa shape index (κ3) is 5.22. The Balaban J connectivity index is 1.83. The molecular formula is C20H33NO2. The third-order valence-electron chi connectivity index (χ3n) is 4.96. The van der Waals surface area contributed by atoms with Crippen LogP contribution in [-0.2, 0) is 5.41 Å². The van der Waals surface area contributed by atoms with Gasteiger partial charge in [0.25, 0.3) is 0 Å². The Morgan fingerprint density at radius 3 is 2.22 bits per heavy atom. The van der Waals surface area contributed by atoms with Crippen molar-refractivity contribution in [1.29, 1.82) is 0 Å². The van der Waals surface area contributed by atoms with Crippen LogP contribution in [-0.4, -0.2) is 41.3 Å². The highest BCUT2D eigenvalue weighted by Crippen LogP contribution is 2.25. The maximum absolute atomic E-state index is 10.3. The number of aliphatic hydroxyl groups excluding tert-OH is 1. The fourth-order valence-corrected chi connectivity index (χ4v) is 3.37. The van der Waals surface area contributed by atoms with E-state index >= 15 is 0 Å². The maximum Gasteiger partial charge on any atom is 0.119 e. The number of rotatable bonds is 5. The summed E-state index contributed by atoms with van der Waals surface area (Å²) in [7, 11) is 0. The van der Waals surface area contributed by atoms with E-state index in [9.17, 15) is 5.11 Å². The van der Waals surface area contributed by atoms with Gasteiger partial charge in [-0.2, -0.15) is 0 Å². The number of β-amino-alcohol motifs (C(OH)–C–C–N with tert-alkyl or cyclic N) is 1. The molecule has 1 aromatic carbocycles. The van der Waals surface area contributed by atoms with Crippen molar-refractivity contribution in [3.63, 3.8) is 0 Å². The predicted molar refractivity (Wildman–Crippen MR) is 96.1 cm³/mol. The van der Waals surface area contributed by atoms with Crippen LogP contribution >= 0.6 is 0 Å². The zero-order valence-corrected chi connectivity index (χ0v) is 15.4. The molecule has 2 rings (SSSR count). The highest BCUT2D eigenvalue weighted by Gasteiger charge is 2.26. The highest BCUT2D eigenvalue weighted by atomic mass is 16.5. The molecule has 3 atom stereocenters. The van der Waals surface area contributed by atoms with E-state index in [0.29, 0.717) is 25.2 Å². The first-order valence-electron chi connectivity index (χ1n) is 8.94. The monoisotopic (exact) mass is 319 g/mol. The Labute approximate surface area is 141 Å². The van der Waals surface area contributed by atoms with E-state index in [4.69, 9.17) is 4.74 Å². The van der Waals surface area contributed by atoms with Gasteiger partial charge in [0.1, 0.15) is 18.5 Å². The van der Waals surface area contributed by atoms with Crippen molar-refractivity contribution in [3.05, 3.63) is 29.8 Å². The van der Waals surface area contributed by atoms with Gasteiger partial charge in [-0.25, -0.2) is 0 Å². The lowest BCUT2D eigenvalue weighted by Gasteiger charge is -2.40. The second-order valence-corrected chi connectivity index (χ2v) is 8.06. The number of aliphatic hydroxyl groups is 1. The standard InChI is InChI=1S/C20H33NO2/c1-15-7-6-8-16(2)21(15)13-18(22)14-23-19-11-9-17(10-12-19)20(3,4)5/h9-12,15-16,18,22H,6-8,13-14H2,1-5H3/t15-,16-,18+/m1/s1. The molecule has 0 aromatic heterocycles. The van der Waals surface area contributed by atoms with Crippen molar-refractivity contribution in [2.75, 3.05) is 13.2 Å². The van der Waals surface area contributed by atoms with Gasteiger partial charge in [-0.15, -0.1) is 0 Å². The normalized spacial score (nSPS) is 24.4. The lowest BCUT2D eigenvalue weighted by atomic mass is 9.87. The topological polar surface area (TPSA) is 32.7 Å². The largest absolute Gasteiger partial charge is 0.491 e. The van der Waals surface area contributed by atoms with Crippen molar-refractivity contribution in [3.8, 4) is 5.75 Å². The Morgan fingerprint density at radius 2 is 1.70 bits per heavy atom. The van der Waals surface area contributed by atoms with E-state index < -0.39 is 6.10 Å². The fourth-order valence-electron chi connectivity index (χ4n) is 3.37. The van der Waals surface area contributed by atoms with Crippen LogP contribution in [0.5, 0.6) is 5.75 Å². The minimum absolute atomic E-state index is 0.151. The van der Waals surface area contributed by atoms with Crippen molar-refractivity contribution in [2.45, 2.75) is 77.5 Å². The fraction of sp³-hybridized carbons (Fsp3) is 0.700. The van der Waals surface area contributed by atoms with Gasteiger partial charge in [-0.1, -0.05) is 39.3 Å². The summed E-state index contributed by atoms with van der Waals surface area (Å²) in [5, 5.41) is 10.3. The molecule has 3 nitrogen and oxygen atoms in total. The van der Waals surface area contributed by atoms with Crippen molar-refractivity contribution < 1.29 is 9.84 Å². The van der Waals surface area contributed by atoms with Crippen LogP contribution in [0.2, 0.25) is 0 Å². The molecule has 0 amide bonds. The van der Waals surface area contributed by atoms with E-state index in [1.807, 2.05) is 12.1 Å². The molecule has 3 heteroatoms. The van der Waals surface area contributed by atoms with Gasteiger partial charge in [0.05, 0.1) is 0 Å². The number of piperidine rings is 1. The molecule has 1 fully saturated rings. The van der Waals surface area contributed by atoms with Crippen LogP contribution in [0.3, 0.4) is 0 Å². The molecule has 0 unspecified atom stereocenters. The summed E-state index contributed by atoms with van der Waals surface area (Å²) in [6.45, 7) is 12.2. The summed E-state index contributed by atoms with van der Waals surface area (Å²) in [5.41, 5.74) is 1.44. The van der Waals surface area contributed by atoms with E-state index in [-0.39, 0.29) is 5.41 Å². The molecule has 1 heterocycles. The lowest BCUT2D eigenvalue weighted by molar-refractivity contribution is 0.0209. The first-order chi connectivity index (χ1) is 10.8. The first kappa shape index (κ1) is 18.3. The second kappa shape index (κ2) is 7.67. The summed E-state index contributed by atoms with van der Waals surface area (Å²) < 4.78 is 5.77. The van der Waals surface area contributed by atoms with Crippen molar-refractivity contribution in [1.82, 2.24) is 4.90 Å². The zero-order chi connectivity index (χ0) is 17.0. The number of hydrogen-bond donors (Lipinski definition) is 1. The van der Waals surface area contributed by atoms with E-state index in [1.165, 1.54) is 24.8 Å². The molecule has 0 aliphatic carbocycles. The quantitative estimate of drug-likeness (QED) is 0.891. The SMILES string of the molecule is C[C@@H]1CCC[C@@H](C)N1C[C@H](O)COc1ccc(C(C)(C)C)cc1. The van der Waals surface area contributed by atoms with Crippen LogP contribution in [0, 0.1) is 0 Å². The summed E-state index contributed by atoms with van der Waals surface area (Å²) >= 11 is 0. The van der Waals surface area contributed by atoms with E-state index in [2.05, 4.69) is 51.7 Å². The Hall–Kier alpha value is -1.06. The molecule has 23 heavy (non-hydrogen) atoms. The van der Waals surface area contributed by atoms with Crippen LogP contribution < -0.4 is 4.74 Å². The average molecular weight is 319 g/mol. The van der Waals surface area contributed by atoms with Crippen molar-refractivity contribution >= 4 is 0 Å². The highest BCUT2D eigenvalue weighted by molar-refractivity contribution is 5.31. The zero-order valence-electron chi connectivity index (χ0n) is 15.4. The lowest BCUT2D eigenvalue weighted by Crippen LogP contribution is -2.48. The molecule has 0 spiro atoms. The maximum atomic E-state index is 10.3. The number of ether oxygens (including phenoxy) is 1. The molecule has 1 aliphatic rings. The predicted octanol–water partition coefficient (Wildman–Crippen LogP) is 3.99. The molecular weight excluding hydrogens is 286 g/mol. The molecule has 1 N–H and O–H groups in total. The van der Waals surface area contributed by atoms with Crippen molar-refractivity contribution in [2.24, 2.45) is 0 Å². The summed E-state index contributed by atoms with van der Waals surface area (Å²) in [6.07, 6.45) is 3.31. The van der Waals surface area contributed by atoms with Crippen LogP contribution in [0.25, 0.3) is 0 Å². The molecule has 0 saturated carbocycles. The third-order valence-corrected chi connectivity index (χ3v) is 4.96. The summed E-state index contributed by atoms with van der Waals surface area (Å²) in [6, 6.07) is 9.32. The Morgan fingerprint density at radius 1 is 1.13 bits per heavy atom. The molecule has 1 aliphatic heterocycles. The Kier molecular flexibility index (Phi) is 6.10. The van der Waals surface area contributed by atoms with E-state index in [1.54, 1.807) is 0 Å². The van der Waals surface area contributed by atoms with Crippen LogP contribution in [0.4, 0.5) is 0 Å². The van der Waals surface area contributed by atoms with E-state index in [0.717, 1.165) is 5.75 Å².